The summed E-state index contributed by atoms with van der Waals surface area (Å²) in [4.78, 5) is 27.9. The molecule has 2 rings (SSSR count). The zero-order valence-electron chi connectivity index (χ0n) is 14.1. The maximum absolute atomic E-state index is 12.2. The number of likely N-dealkylation sites (tertiary alicyclic amines) is 1. The third kappa shape index (κ3) is 5.36. The molecule has 1 N–H and O–H groups in total. The van der Waals surface area contributed by atoms with Crippen molar-refractivity contribution in [2.75, 3.05) is 33.2 Å². The van der Waals surface area contributed by atoms with Crippen molar-refractivity contribution < 1.29 is 9.59 Å². The standard InChI is InChI=1S/C18H24N4O2/c1-21(11-5-10-19)17(23)14-22-12-8-16(9-13-22)20-18(24)15-6-3-2-4-7-15/h2-4,6-7,16H,5,8-9,11-14H2,1H3,(H,20,24). The van der Waals surface area contributed by atoms with E-state index in [-0.39, 0.29) is 17.9 Å². The molecule has 1 aromatic carbocycles. The van der Waals surface area contributed by atoms with Gasteiger partial charge in [0.05, 0.1) is 19.0 Å². The van der Waals surface area contributed by atoms with E-state index in [2.05, 4.69) is 10.2 Å². The van der Waals surface area contributed by atoms with E-state index in [1.165, 1.54) is 0 Å². The number of carbonyl (C=O) groups is 2. The molecule has 1 aliphatic heterocycles. The minimum atomic E-state index is -0.0404. The van der Waals surface area contributed by atoms with Gasteiger partial charge in [-0.2, -0.15) is 5.26 Å². The third-order valence-corrected chi connectivity index (χ3v) is 4.30. The fourth-order valence-electron chi connectivity index (χ4n) is 2.75. The van der Waals surface area contributed by atoms with Crippen molar-refractivity contribution in [1.29, 1.82) is 5.26 Å². The number of piperidine rings is 1. The maximum atomic E-state index is 12.2. The Labute approximate surface area is 143 Å². The number of hydrogen-bond acceptors (Lipinski definition) is 4. The van der Waals surface area contributed by atoms with Crippen LogP contribution >= 0.6 is 0 Å². The Hall–Kier alpha value is -2.39. The second kappa shape index (κ2) is 9.04. The van der Waals surface area contributed by atoms with Gasteiger partial charge in [0.15, 0.2) is 0 Å². The minimum absolute atomic E-state index is 0.0389. The first-order valence-electron chi connectivity index (χ1n) is 8.29. The second-order valence-corrected chi connectivity index (χ2v) is 6.11. The maximum Gasteiger partial charge on any atom is 0.251 e. The van der Waals surface area contributed by atoms with Crippen molar-refractivity contribution in [3.05, 3.63) is 35.9 Å². The average Bonchev–Trinajstić information content (AvgIpc) is 2.62. The normalized spacial score (nSPS) is 15.5. The van der Waals surface area contributed by atoms with Crippen molar-refractivity contribution in [1.82, 2.24) is 15.1 Å². The Balaban J connectivity index is 1.72. The van der Waals surface area contributed by atoms with Crippen LogP contribution in [0.1, 0.15) is 29.6 Å². The van der Waals surface area contributed by atoms with Gasteiger partial charge in [0.2, 0.25) is 5.91 Å². The molecular formula is C18H24N4O2. The number of amides is 2. The molecule has 6 nitrogen and oxygen atoms in total. The van der Waals surface area contributed by atoms with Crippen LogP contribution in [0, 0.1) is 11.3 Å². The van der Waals surface area contributed by atoms with Gasteiger partial charge in [-0.15, -0.1) is 0 Å². The molecule has 0 bridgehead atoms. The first-order chi connectivity index (χ1) is 11.6. The number of likely N-dealkylation sites (N-methyl/N-ethyl adjacent to an activating group) is 1. The molecule has 0 aliphatic carbocycles. The van der Waals surface area contributed by atoms with Gasteiger partial charge in [-0.1, -0.05) is 18.2 Å². The van der Waals surface area contributed by atoms with Gasteiger partial charge in [-0.25, -0.2) is 0 Å². The topological polar surface area (TPSA) is 76.4 Å². The monoisotopic (exact) mass is 328 g/mol. The Kier molecular flexibility index (Phi) is 6.76. The third-order valence-electron chi connectivity index (χ3n) is 4.30. The van der Waals surface area contributed by atoms with Crippen LogP contribution in [-0.4, -0.2) is 60.9 Å². The van der Waals surface area contributed by atoms with Gasteiger partial charge < -0.3 is 10.2 Å². The summed E-state index contributed by atoms with van der Waals surface area (Å²) in [6.45, 7) is 2.43. The predicted molar refractivity (Wildman–Crippen MR) is 91.2 cm³/mol. The Morgan fingerprint density at radius 3 is 2.58 bits per heavy atom. The molecule has 1 heterocycles. The molecular weight excluding hydrogens is 304 g/mol. The summed E-state index contributed by atoms with van der Waals surface area (Å²) in [5.41, 5.74) is 0.675. The summed E-state index contributed by atoms with van der Waals surface area (Å²) in [6.07, 6.45) is 2.04. The first-order valence-corrected chi connectivity index (χ1v) is 8.29. The predicted octanol–water partition coefficient (Wildman–Crippen LogP) is 1.25. The lowest BCUT2D eigenvalue weighted by Crippen LogP contribution is -2.47. The van der Waals surface area contributed by atoms with Crippen molar-refractivity contribution >= 4 is 11.8 Å². The number of rotatable bonds is 6. The molecule has 1 aliphatic rings. The number of hydrogen-bond donors (Lipinski definition) is 1. The Morgan fingerprint density at radius 1 is 1.29 bits per heavy atom. The van der Waals surface area contributed by atoms with Crippen molar-refractivity contribution in [3.8, 4) is 6.07 Å². The summed E-state index contributed by atoms with van der Waals surface area (Å²) >= 11 is 0. The summed E-state index contributed by atoms with van der Waals surface area (Å²) in [5.74, 6) is -0.00150. The lowest BCUT2D eigenvalue weighted by Gasteiger charge is -2.32. The highest BCUT2D eigenvalue weighted by Gasteiger charge is 2.23. The molecule has 0 spiro atoms. The van der Waals surface area contributed by atoms with E-state index < -0.39 is 0 Å². The van der Waals surface area contributed by atoms with E-state index in [0.29, 0.717) is 25.1 Å². The van der Waals surface area contributed by atoms with Crippen molar-refractivity contribution in [2.45, 2.75) is 25.3 Å². The smallest absolute Gasteiger partial charge is 0.251 e. The number of nitrogens with zero attached hydrogens (tertiary/aromatic N) is 3. The molecule has 1 aromatic rings. The van der Waals surface area contributed by atoms with Crippen LogP contribution < -0.4 is 5.32 Å². The molecule has 2 amide bonds. The average molecular weight is 328 g/mol. The van der Waals surface area contributed by atoms with E-state index in [4.69, 9.17) is 5.26 Å². The van der Waals surface area contributed by atoms with E-state index in [9.17, 15) is 9.59 Å². The van der Waals surface area contributed by atoms with Gasteiger partial charge in [-0.05, 0) is 25.0 Å². The highest BCUT2D eigenvalue weighted by Crippen LogP contribution is 2.11. The summed E-state index contributed by atoms with van der Waals surface area (Å²) in [5, 5.41) is 11.6. The molecule has 0 saturated carbocycles. The number of benzene rings is 1. The van der Waals surface area contributed by atoms with Crippen LogP contribution in [0.15, 0.2) is 30.3 Å². The highest BCUT2D eigenvalue weighted by atomic mass is 16.2. The zero-order valence-corrected chi connectivity index (χ0v) is 14.1. The molecule has 0 aromatic heterocycles. The molecule has 0 atom stereocenters. The van der Waals surface area contributed by atoms with Crippen LogP contribution in [0.25, 0.3) is 0 Å². The molecule has 128 valence electrons. The van der Waals surface area contributed by atoms with E-state index in [0.717, 1.165) is 25.9 Å². The van der Waals surface area contributed by atoms with Crippen LogP contribution in [0.5, 0.6) is 0 Å². The Bertz CT molecular complexity index is 589. The van der Waals surface area contributed by atoms with Crippen LogP contribution in [0.3, 0.4) is 0 Å². The molecule has 0 radical (unpaired) electrons. The Morgan fingerprint density at radius 2 is 1.96 bits per heavy atom. The van der Waals surface area contributed by atoms with Gasteiger partial charge in [0.1, 0.15) is 0 Å². The van der Waals surface area contributed by atoms with Gasteiger partial charge in [0.25, 0.3) is 5.91 Å². The summed E-state index contributed by atoms with van der Waals surface area (Å²) < 4.78 is 0. The quantitative estimate of drug-likeness (QED) is 0.853. The zero-order chi connectivity index (χ0) is 17.4. The summed E-state index contributed by atoms with van der Waals surface area (Å²) in [6, 6.07) is 11.4. The first kappa shape index (κ1) is 18.0. The van der Waals surface area contributed by atoms with Crippen LogP contribution in [0.2, 0.25) is 0 Å². The van der Waals surface area contributed by atoms with Crippen LogP contribution in [-0.2, 0) is 4.79 Å². The molecule has 0 unspecified atom stereocenters. The van der Waals surface area contributed by atoms with Gasteiger partial charge in [-0.3, -0.25) is 14.5 Å². The van der Waals surface area contributed by atoms with Gasteiger partial charge in [0, 0.05) is 38.3 Å². The number of carbonyl (C=O) groups excluding carboxylic acids is 2. The molecule has 1 saturated heterocycles. The largest absolute Gasteiger partial charge is 0.349 e. The van der Waals surface area contributed by atoms with Gasteiger partial charge >= 0.3 is 0 Å². The van der Waals surface area contributed by atoms with Crippen molar-refractivity contribution in [2.24, 2.45) is 0 Å². The fraction of sp³-hybridized carbons (Fsp3) is 0.500. The second-order valence-electron chi connectivity index (χ2n) is 6.11. The summed E-state index contributed by atoms with van der Waals surface area (Å²) in [7, 11) is 1.73. The van der Waals surface area contributed by atoms with Crippen LogP contribution in [0.4, 0.5) is 0 Å². The SMILES string of the molecule is CN(CCC#N)C(=O)CN1CCC(NC(=O)c2ccccc2)CC1. The lowest BCUT2D eigenvalue weighted by atomic mass is 10.0. The minimum Gasteiger partial charge on any atom is -0.349 e. The van der Waals surface area contributed by atoms with E-state index in [1.54, 1.807) is 24.1 Å². The van der Waals surface area contributed by atoms with E-state index in [1.807, 2.05) is 24.3 Å². The highest BCUT2D eigenvalue weighted by molar-refractivity contribution is 5.94. The lowest BCUT2D eigenvalue weighted by molar-refractivity contribution is -0.131. The fourth-order valence-corrected chi connectivity index (χ4v) is 2.75. The van der Waals surface area contributed by atoms with Crippen molar-refractivity contribution in [3.63, 3.8) is 0 Å². The molecule has 1 fully saturated rings. The number of nitrogens with one attached hydrogen (secondary N) is 1. The molecule has 24 heavy (non-hydrogen) atoms. The molecule has 6 heteroatoms. The van der Waals surface area contributed by atoms with E-state index >= 15 is 0 Å². The number of nitriles is 1.